The number of fused-ring (bicyclic) bond motifs is 1. The van der Waals surface area contributed by atoms with Gasteiger partial charge < -0.3 is 10.6 Å². The third-order valence-electron chi connectivity index (χ3n) is 3.62. The molecule has 2 aromatic rings. The molecule has 20 heavy (non-hydrogen) atoms. The van der Waals surface area contributed by atoms with Gasteiger partial charge in [-0.25, -0.2) is 9.97 Å². The molecule has 0 amide bonds. The van der Waals surface area contributed by atoms with Crippen LogP contribution in [0.3, 0.4) is 0 Å². The van der Waals surface area contributed by atoms with Crippen LogP contribution < -0.4 is 10.6 Å². The fourth-order valence-electron chi connectivity index (χ4n) is 2.66. The average Bonchev–Trinajstić information content (AvgIpc) is 2.48. The van der Waals surface area contributed by atoms with Gasteiger partial charge in [0.15, 0.2) is 0 Å². The number of anilines is 1. The summed E-state index contributed by atoms with van der Waals surface area (Å²) < 4.78 is 0. The number of hydrogen-bond acceptors (Lipinski definition) is 4. The smallest absolute Gasteiger partial charge is 0.125 e. The normalized spacial score (nSPS) is 13.7. The van der Waals surface area contributed by atoms with Gasteiger partial charge in [0.05, 0.1) is 5.69 Å². The number of para-hydroxylation sites is 1. The Balaban J connectivity index is 1.64. The van der Waals surface area contributed by atoms with Gasteiger partial charge in [0, 0.05) is 31.5 Å². The van der Waals surface area contributed by atoms with E-state index in [1.54, 1.807) is 0 Å². The average molecular weight is 268 g/mol. The molecule has 0 radical (unpaired) electrons. The van der Waals surface area contributed by atoms with Crippen molar-refractivity contribution < 1.29 is 0 Å². The van der Waals surface area contributed by atoms with Gasteiger partial charge in [-0.05, 0) is 37.0 Å². The molecule has 0 bridgehead atoms. The number of hydrogen-bond donors (Lipinski definition) is 2. The van der Waals surface area contributed by atoms with Crippen molar-refractivity contribution in [3.8, 4) is 0 Å². The Morgan fingerprint density at radius 3 is 3.10 bits per heavy atom. The number of aromatic nitrogens is 2. The van der Waals surface area contributed by atoms with Crippen LogP contribution in [0.25, 0.3) is 0 Å². The first-order valence-corrected chi connectivity index (χ1v) is 7.17. The number of nitrogens with zero attached hydrogens (tertiary/aromatic N) is 2. The highest BCUT2D eigenvalue weighted by Crippen LogP contribution is 2.25. The quantitative estimate of drug-likeness (QED) is 0.894. The van der Waals surface area contributed by atoms with E-state index in [0.29, 0.717) is 0 Å². The minimum atomic E-state index is 0.771. The van der Waals surface area contributed by atoms with Crippen LogP contribution in [0.4, 0.5) is 5.69 Å². The highest BCUT2D eigenvalue weighted by molar-refractivity contribution is 5.59. The number of rotatable bonds is 4. The summed E-state index contributed by atoms with van der Waals surface area (Å²) in [6, 6.07) is 8.52. The molecule has 1 aliphatic heterocycles. The molecule has 2 heterocycles. The summed E-state index contributed by atoms with van der Waals surface area (Å²) in [5.74, 6) is 0.822. The summed E-state index contributed by atoms with van der Waals surface area (Å²) in [5.41, 5.74) is 5.14. The zero-order valence-corrected chi connectivity index (χ0v) is 11.8. The maximum atomic E-state index is 4.40. The van der Waals surface area contributed by atoms with Crippen LogP contribution in [0.1, 0.15) is 29.1 Å². The van der Waals surface area contributed by atoms with Gasteiger partial charge in [0.25, 0.3) is 0 Å². The molecule has 0 spiro atoms. The molecule has 4 heteroatoms. The summed E-state index contributed by atoms with van der Waals surface area (Å²) >= 11 is 0. The van der Waals surface area contributed by atoms with E-state index in [-0.39, 0.29) is 0 Å². The second kappa shape index (κ2) is 6.01. The fraction of sp³-hybridized carbons (Fsp3) is 0.375. The Labute approximate surface area is 119 Å². The lowest BCUT2D eigenvalue weighted by molar-refractivity contribution is 0.673. The van der Waals surface area contributed by atoms with E-state index in [2.05, 4.69) is 38.8 Å². The van der Waals surface area contributed by atoms with Crippen molar-refractivity contribution in [3.63, 3.8) is 0 Å². The molecule has 2 N–H and O–H groups in total. The van der Waals surface area contributed by atoms with E-state index >= 15 is 0 Å². The van der Waals surface area contributed by atoms with Crippen molar-refractivity contribution in [2.24, 2.45) is 0 Å². The summed E-state index contributed by atoms with van der Waals surface area (Å²) in [5, 5.41) is 6.99. The molecular formula is C16H20N4. The Hall–Kier alpha value is -1.94. The van der Waals surface area contributed by atoms with Gasteiger partial charge in [-0.3, -0.25) is 0 Å². The van der Waals surface area contributed by atoms with E-state index in [9.17, 15) is 0 Å². The first kappa shape index (κ1) is 13.1. The first-order chi connectivity index (χ1) is 9.83. The second-order valence-electron chi connectivity index (χ2n) is 5.18. The monoisotopic (exact) mass is 268 g/mol. The van der Waals surface area contributed by atoms with E-state index < -0.39 is 0 Å². The summed E-state index contributed by atoms with van der Waals surface area (Å²) in [6.07, 6.45) is 4.22. The van der Waals surface area contributed by atoms with Crippen molar-refractivity contribution in [2.75, 3.05) is 11.9 Å². The predicted octanol–water partition coefficient (Wildman–Crippen LogP) is 2.43. The lowest BCUT2D eigenvalue weighted by Gasteiger charge is -2.21. The van der Waals surface area contributed by atoms with Crippen molar-refractivity contribution >= 4 is 5.69 Å². The van der Waals surface area contributed by atoms with Crippen LogP contribution in [0.5, 0.6) is 0 Å². The molecule has 0 unspecified atom stereocenters. The van der Waals surface area contributed by atoms with Crippen LogP contribution in [0, 0.1) is 6.92 Å². The minimum absolute atomic E-state index is 0.771. The lowest BCUT2D eigenvalue weighted by atomic mass is 9.99. The maximum Gasteiger partial charge on any atom is 0.125 e. The largest absolute Gasteiger partial charge is 0.385 e. The summed E-state index contributed by atoms with van der Waals surface area (Å²) in [7, 11) is 0. The molecule has 4 nitrogen and oxygen atoms in total. The van der Waals surface area contributed by atoms with E-state index in [1.807, 2.05) is 19.2 Å². The summed E-state index contributed by atoms with van der Waals surface area (Å²) in [6.45, 7) is 4.63. The molecule has 1 aromatic heterocycles. The Morgan fingerprint density at radius 2 is 2.20 bits per heavy atom. The van der Waals surface area contributed by atoms with Gasteiger partial charge in [-0.15, -0.1) is 0 Å². The molecule has 1 aliphatic rings. The zero-order valence-electron chi connectivity index (χ0n) is 11.8. The first-order valence-electron chi connectivity index (χ1n) is 7.17. The molecule has 104 valence electrons. The fourth-order valence-corrected chi connectivity index (χ4v) is 2.66. The minimum Gasteiger partial charge on any atom is -0.385 e. The van der Waals surface area contributed by atoms with Crippen LogP contribution in [0.2, 0.25) is 0 Å². The number of benzene rings is 1. The highest BCUT2D eigenvalue weighted by Gasteiger charge is 2.11. The molecule has 3 rings (SSSR count). The third kappa shape index (κ3) is 2.96. The molecule has 0 fully saturated rings. The maximum absolute atomic E-state index is 4.40. The third-order valence-corrected chi connectivity index (χ3v) is 3.62. The number of aryl methyl sites for hydroxylation is 2. The Morgan fingerprint density at radius 1 is 1.25 bits per heavy atom. The van der Waals surface area contributed by atoms with Crippen molar-refractivity contribution in [3.05, 3.63) is 53.1 Å². The van der Waals surface area contributed by atoms with Crippen LogP contribution >= 0.6 is 0 Å². The molecule has 1 aromatic carbocycles. The van der Waals surface area contributed by atoms with E-state index in [1.165, 1.54) is 29.7 Å². The van der Waals surface area contributed by atoms with Crippen molar-refractivity contribution in [1.29, 1.82) is 0 Å². The van der Waals surface area contributed by atoms with Crippen LogP contribution in [-0.4, -0.2) is 16.5 Å². The standard InChI is InChI=1S/C16H20N4/c1-12-18-9-7-15(20-12)11-17-10-14-5-2-4-13-6-3-8-19-16(13)14/h2,4-5,7,9,17,19H,3,6,8,10-11H2,1H3. The Kier molecular flexibility index (Phi) is 3.92. The van der Waals surface area contributed by atoms with Crippen LogP contribution in [0.15, 0.2) is 30.5 Å². The van der Waals surface area contributed by atoms with Gasteiger partial charge in [0.1, 0.15) is 5.82 Å². The highest BCUT2D eigenvalue weighted by atomic mass is 14.9. The lowest BCUT2D eigenvalue weighted by Crippen LogP contribution is -2.18. The zero-order chi connectivity index (χ0) is 13.8. The van der Waals surface area contributed by atoms with E-state index in [0.717, 1.165) is 31.2 Å². The molecule has 0 saturated heterocycles. The van der Waals surface area contributed by atoms with Crippen LogP contribution in [-0.2, 0) is 19.5 Å². The van der Waals surface area contributed by atoms with Gasteiger partial charge in [-0.2, -0.15) is 0 Å². The summed E-state index contributed by atoms with van der Waals surface area (Å²) in [4.78, 5) is 8.52. The Bertz CT molecular complexity index is 595. The van der Waals surface area contributed by atoms with Gasteiger partial charge in [-0.1, -0.05) is 18.2 Å². The SMILES string of the molecule is Cc1nccc(CNCc2cccc3c2NCCC3)n1. The van der Waals surface area contributed by atoms with Crippen molar-refractivity contribution in [2.45, 2.75) is 32.9 Å². The second-order valence-corrected chi connectivity index (χ2v) is 5.18. The molecule has 0 atom stereocenters. The topological polar surface area (TPSA) is 49.8 Å². The predicted molar refractivity (Wildman–Crippen MR) is 80.6 cm³/mol. The van der Waals surface area contributed by atoms with Gasteiger partial charge >= 0.3 is 0 Å². The van der Waals surface area contributed by atoms with Gasteiger partial charge in [0.2, 0.25) is 0 Å². The van der Waals surface area contributed by atoms with E-state index in [4.69, 9.17) is 0 Å². The number of nitrogens with one attached hydrogen (secondary N) is 2. The molecule has 0 saturated carbocycles. The van der Waals surface area contributed by atoms with Crippen molar-refractivity contribution in [1.82, 2.24) is 15.3 Å². The molecule has 0 aliphatic carbocycles. The molecular weight excluding hydrogens is 248 g/mol.